The molecular formula is C12H19ClN2O2. The normalized spacial score (nSPS) is 11.9. The summed E-state index contributed by atoms with van der Waals surface area (Å²) in [5, 5.41) is 4.70. The SMILES string of the molecule is CCOC(C)(C)C(=O)Cc1c(C)nn(C)c1Cl. The second kappa shape index (κ2) is 5.19. The Morgan fingerprint density at radius 2 is 2.12 bits per heavy atom. The third kappa shape index (κ3) is 3.07. The van der Waals surface area contributed by atoms with Gasteiger partial charge in [-0.2, -0.15) is 5.10 Å². The van der Waals surface area contributed by atoms with E-state index in [1.54, 1.807) is 25.6 Å². The molecule has 0 spiro atoms. The van der Waals surface area contributed by atoms with Crippen LogP contribution in [0.4, 0.5) is 0 Å². The summed E-state index contributed by atoms with van der Waals surface area (Å²) in [5.74, 6) is 0.0114. The lowest BCUT2D eigenvalue weighted by molar-refractivity contribution is -0.139. The van der Waals surface area contributed by atoms with Gasteiger partial charge in [0.15, 0.2) is 5.78 Å². The van der Waals surface area contributed by atoms with E-state index in [0.717, 1.165) is 11.3 Å². The first-order valence-corrected chi connectivity index (χ1v) is 6.02. The fraction of sp³-hybridized carbons (Fsp3) is 0.667. The standard InChI is InChI=1S/C12H19ClN2O2/c1-6-17-12(3,4)10(16)7-9-8(2)14-15(5)11(9)13/h6-7H2,1-5H3. The summed E-state index contributed by atoms with van der Waals surface area (Å²) in [4.78, 5) is 12.1. The van der Waals surface area contributed by atoms with Gasteiger partial charge < -0.3 is 4.74 Å². The summed E-state index contributed by atoms with van der Waals surface area (Å²) in [6.45, 7) is 7.79. The average Bonchev–Trinajstić information content (AvgIpc) is 2.45. The van der Waals surface area contributed by atoms with Crippen molar-refractivity contribution in [2.75, 3.05) is 6.61 Å². The van der Waals surface area contributed by atoms with Gasteiger partial charge in [-0.05, 0) is 27.7 Å². The van der Waals surface area contributed by atoms with Gasteiger partial charge in [0.2, 0.25) is 0 Å². The Morgan fingerprint density at radius 3 is 2.53 bits per heavy atom. The molecule has 0 amide bonds. The number of ketones is 1. The molecule has 4 nitrogen and oxygen atoms in total. The average molecular weight is 259 g/mol. The van der Waals surface area contributed by atoms with E-state index in [4.69, 9.17) is 16.3 Å². The Bertz CT molecular complexity index is 424. The summed E-state index contributed by atoms with van der Waals surface area (Å²) < 4.78 is 7.01. The molecule has 5 heteroatoms. The van der Waals surface area contributed by atoms with Crippen LogP contribution < -0.4 is 0 Å². The molecule has 1 heterocycles. The van der Waals surface area contributed by atoms with Gasteiger partial charge >= 0.3 is 0 Å². The number of hydrogen-bond acceptors (Lipinski definition) is 3. The van der Waals surface area contributed by atoms with E-state index in [0.29, 0.717) is 11.8 Å². The molecule has 0 N–H and O–H groups in total. The zero-order valence-corrected chi connectivity index (χ0v) is 11.8. The number of carbonyl (C=O) groups excluding carboxylic acids is 1. The van der Waals surface area contributed by atoms with Crippen LogP contribution in [0.3, 0.4) is 0 Å². The smallest absolute Gasteiger partial charge is 0.168 e. The first-order chi connectivity index (χ1) is 7.79. The number of halogens is 1. The van der Waals surface area contributed by atoms with Crippen LogP contribution in [0.1, 0.15) is 32.0 Å². The van der Waals surface area contributed by atoms with Crippen LogP contribution in [-0.2, 0) is 23.0 Å². The molecule has 17 heavy (non-hydrogen) atoms. The zero-order valence-electron chi connectivity index (χ0n) is 11.0. The number of nitrogens with zero attached hydrogens (tertiary/aromatic N) is 2. The number of hydrogen-bond donors (Lipinski definition) is 0. The Morgan fingerprint density at radius 1 is 1.53 bits per heavy atom. The van der Waals surface area contributed by atoms with Crippen molar-refractivity contribution in [3.8, 4) is 0 Å². The number of ether oxygens (including phenoxy) is 1. The predicted octanol–water partition coefficient (Wildman–Crippen LogP) is 2.31. The lowest BCUT2D eigenvalue weighted by Gasteiger charge is -2.22. The first kappa shape index (κ1) is 14.2. The van der Waals surface area contributed by atoms with Gasteiger partial charge in [-0.15, -0.1) is 0 Å². The highest BCUT2D eigenvalue weighted by molar-refractivity contribution is 6.30. The zero-order chi connectivity index (χ0) is 13.2. The minimum absolute atomic E-state index is 0.0114. The summed E-state index contributed by atoms with van der Waals surface area (Å²) in [5.41, 5.74) is 0.797. The number of Topliss-reactive ketones (excluding diaryl/α,β-unsaturated/α-hetero) is 1. The number of carbonyl (C=O) groups is 1. The molecule has 0 aliphatic carbocycles. The molecule has 0 aliphatic rings. The maximum atomic E-state index is 12.1. The molecule has 0 aromatic carbocycles. The second-order valence-corrected chi connectivity index (χ2v) is 4.88. The fourth-order valence-electron chi connectivity index (χ4n) is 1.69. The van der Waals surface area contributed by atoms with Gasteiger partial charge in [0.25, 0.3) is 0 Å². The van der Waals surface area contributed by atoms with E-state index in [1.807, 2.05) is 13.8 Å². The minimum Gasteiger partial charge on any atom is -0.368 e. The van der Waals surface area contributed by atoms with E-state index < -0.39 is 5.60 Å². The van der Waals surface area contributed by atoms with Crippen molar-refractivity contribution in [3.63, 3.8) is 0 Å². The van der Waals surface area contributed by atoms with Crippen LogP contribution in [-0.4, -0.2) is 27.8 Å². The van der Waals surface area contributed by atoms with Gasteiger partial charge in [0, 0.05) is 25.6 Å². The van der Waals surface area contributed by atoms with Gasteiger partial charge in [-0.3, -0.25) is 9.48 Å². The summed E-state index contributed by atoms with van der Waals surface area (Å²) >= 11 is 6.09. The second-order valence-electron chi connectivity index (χ2n) is 4.52. The van der Waals surface area contributed by atoms with Crippen molar-refractivity contribution in [3.05, 3.63) is 16.4 Å². The Labute approximate surface area is 107 Å². The lowest BCUT2D eigenvalue weighted by atomic mass is 9.97. The highest BCUT2D eigenvalue weighted by Gasteiger charge is 2.29. The van der Waals surface area contributed by atoms with Crippen LogP contribution in [0.5, 0.6) is 0 Å². The molecule has 1 rings (SSSR count). The monoisotopic (exact) mass is 258 g/mol. The van der Waals surface area contributed by atoms with Gasteiger partial charge in [0.05, 0.1) is 5.69 Å². The van der Waals surface area contributed by atoms with Crippen molar-refractivity contribution in [1.29, 1.82) is 0 Å². The molecule has 96 valence electrons. The van der Waals surface area contributed by atoms with Crippen molar-refractivity contribution < 1.29 is 9.53 Å². The van der Waals surface area contributed by atoms with E-state index >= 15 is 0 Å². The minimum atomic E-state index is -0.777. The molecule has 1 aromatic rings. The molecule has 1 aromatic heterocycles. The van der Waals surface area contributed by atoms with Crippen LogP contribution in [0.25, 0.3) is 0 Å². The van der Waals surface area contributed by atoms with Crippen molar-refractivity contribution in [2.24, 2.45) is 7.05 Å². The fourth-order valence-corrected chi connectivity index (χ4v) is 1.93. The van der Waals surface area contributed by atoms with E-state index in [-0.39, 0.29) is 12.2 Å². The molecule has 0 fully saturated rings. The van der Waals surface area contributed by atoms with Gasteiger partial charge in [0.1, 0.15) is 10.8 Å². The predicted molar refractivity (Wildman–Crippen MR) is 67.4 cm³/mol. The molecule has 0 atom stereocenters. The number of aryl methyl sites for hydroxylation is 2. The van der Waals surface area contributed by atoms with Crippen LogP contribution in [0, 0.1) is 6.92 Å². The van der Waals surface area contributed by atoms with Crippen molar-refractivity contribution in [2.45, 2.75) is 39.7 Å². The molecule has 0 radical (unpaired) electrons. The first-order valence-electron chi connectivity index (χ1n) is 5.64. The van der Waals surface area contributed by atoms with Crippen LogP contribution >= 0.6 is 11.6 Å². The number of aromatic nitrogens is 2. The third-order valence-electron chi connectivity index (χ3n) is 2.78. The van der Waals surface area contributed by atoms with Crippen LogP contribution in [0.15, 0.2) is 0 Å². The largest absolute Gasteiger partial charge is 0.368 e. The third-order valence-corrected chi connectivity index (χ3v) is 3.26. The molecule has 0 saturated heterocycles. The Balaban J connectivity index is 2.88. The van der Waals surface area contributed by atoms with Gasteiger partial charge in [-0.1, -0.05) is 11.6 Å². The molecule has 0 saturated carbocycles. The highest BCUT2D eigenvalue weighted by atomic mass is 35.5. The molecule has 0 unspecified atom stereocenters. The number of rotatable bonds is 5. The van der Waals surface area contributed by atoms with Gasteiger partial charge in [-0.25, -0.2) is 0 Å². The molecular weight excluding hydrogens is 240 g/mol. The molecule has 0 bridgehead atoms. The van der Waals surface area contributed by atoms with E-state index in [1.165, 1.54) is 0 Å². The van der Waals surface area contributed by atoms with Crippen molar-refractivity contribution >= 4 is 17.4 Å². The van der Waals surface area contributed by atoms with E-state index in [2.05, 4.69) is 5.10 Å². The maximum absolute atomic E-state index is 12.1. The van der Waals surface area contributed by atoms with E-state index in [9.17, 15) is 4.79 Å². The Hall–Kier alpha value is -0.870. The summed E-state index contributed by atoms with van der Waals surface area (Å²) in [6, 6.07) is 0. The highest BCUT2D eigenvalue weighted by Crippen LogP contribution is 2.22. The quantitative estimate of drug-likeness (QED) is 0.814. The summed E-state index contributed by atoms with van der Waals surface area (Å²) in [7, 11) is 1.76. The topological polar surface area (TPSA) is 44.1 Å². The van der Waals surface area contributed by atoms with Crippen molar-refractivity contribution in [1.82, 2.24) is 9.78 Å². The lowest BCUT2D eigenvalue weighted by Crippen LogP contribution is -2.36. The molecule has 0 aliphatic heterocycles. The summed E-state index contributed by atoms with van der Waals surface area (Å²) in [6.07, 6.45) is 0.255. The maximum Gasteiger partial charge on any atom is 0.168 e. The van der Waals surface area contributed by atoms with Crippen LogP contribution in [0.2, 0.25) is 5.15 Å². The Kier molecular flexibility index (Phi) is 4.33.